The third-order valence-electron chi connectivity index (χ3n) is 1.90. The maximum Gasteiger partial charge on any atom is 1.00 e. The van der Waals surface area contributed by atoms with Crippen LogP contribution in [-0.2, 0) is 16.0 Å². The number of methoxy groups -OCH3 is 1. The number of ether oxygens (including phenoxy) is 1. The molecule has 0 unspecified atom stereocenters. The average molecular weight is 218 g/mol. The standard InChI is InChI=1S/C10H12O4.Na/c1-14-9(10(12)13)6-7-2-4-8(11)5-3-7;/h2-5,9,11H,6H2,1H3,(H,12,13);/q;+1/p-1/t9-;/m0./s1. The zero-order chi connectivity index (χ0) is 10.6. The van der Waals surface area contributed by atoms with Crippen molar-refractivity contribution in [1.82, 2.24) is 0 Å². The van der Waals surface area contributed by atoms with E-state index in [0.717, 1.165) is 5.56 Å². The van der Waals surface area contributed by atoms with Gasteiger partial charge in [-0.15, -0.1) is 0 Å². The first kappa shape index (κ1) is 14.5. The van der Waals surface area contributed by atoms with E-state index in [0.29, 0.717) is 0 Å². The first-order valence-corrected chi connectivity index (χ1v) is 4.15. The Morgan fingerprint density at radius 3 is 2.40 bits per heavy atom. The van der Waals surface area contributed by atoms with E-state index in [-0.39, 0.29) is 41.7 Å². The summed E-state index contributed by atoms with van der Waals surface area (Å²) < 4.78 is 4.72. The van der Waals surface area contributed by atoms with Gasteiger partial charge in [-0.05, 0) is 17.7 Å². The van der Waals surface area contributed by atoms with Crippen LogP contribution in [0.25, 0.3) is 0 Å². The van der Waals surface area contributed by atoms with Gasteiger partial charge in [0, 0.05) is 13.5 Å². The summed E-state index contributed by atoms with van der Waals surface area (Å²) in [5, 5.41) is 19.5. The van der Waals surface area contributed by atoms with E-state index in [4.69, 9.17) is 9.84 Å². The number of hydrogen-bond donors (Lipinski definition) is 1. The number of benzene rings is 1. The molecule has 0 aromatic heterocycles. The van der Waals surface area contributed by atoms with Crippen LogP contribution in [-0.4, -0.2) is 24.3 Å². The molecule has 1 aromatic rings. The molecule has 1 N–H and O–H groups in total. The molecule has 0 radical (unpaired) electrons. The summed E-state index contributed by atoms with van der Waals surface area (Å²) in [7, 11) is 1.32. The molecule has 0 saturated carbocycles. The van der Waals surface area contributed by atoms with E-state index in [1.54, 1.807) is 12.1 Å². The average Bonchev–Trinajstić information content (AvgIpc) is 2.16. The molecule has 0 bridgehead atoms. The summed E-state index contributed by atoms with van der Waals surface area (Å²) in [5.41, 5.74) is 0.777. The largest absolute Gasteiger partial charge is 1.00 e. The fraction of sp³-hybridized carbons (Fsp3) is 0.300. The van der Waals surface area contributed by atoms with Crippen molar-refractivity contribution in [1.29, 1.82) is 0 Å². The third-order valence-corrected chi connectivity index (χ3v) is 1.90. The molecule has 1 aromatic carbocycles. The number of aromatic hydroxyl groups is 1. The van der Waals surface area contributed by atoms with Gasteiger partial charge in [0.15, 0.2) is 0 Å². The van der Waals surface area contributed by atoms with Gasteiger partial charge >= 0.3 is 29.6 Å². The van der Waals surface area contributed by atoms with E-state index in [2.05, 4.69) is 0 Å². The molecule has 0 fully saturated rings. The van der Waals surface area contributed by atoms with Crippen molar-refractivity contribution >= 4 is 5.97 Å². The molecule has 15 heavy (non-hydrogen) atoms. The number of rotatable bonds is 4. The zero-order valence-electron chi connectivity index (χ0n) is 8.77. The molecule has 1 rings (SSSR count). The predicted molar refractivity (Wildman–Crippen MR) is 47.6 cm³/mol. The van der Waals surface area contributed by atoms with Gasteiger partial charge in [0.2, 0.25) is 0 Å². The Balaban J connectivity index is 0.00000196. The van der Waals surface area contributed by atoms with E-state index in [1.165, 1.54) is 19.2 Å². The van der Waals surface area contributed by atoms with Crippen LogP contribution in [0.3, 0.4) is 0 Å². The van der Waals surface area contributed by atoms with Gasteiger partial charge in [0.1, 0.15) is 11.9 Å². The first-order chi connectivity index (χ1) is 6.63. The third kappa shape index (κ3) is 4.66. The number of phenolic OH excluding ortho intramolecular Hbond substituents is 1. The second-order valence-electron chi connectivity index (χ2n) is 2.91. The Bertz CT molecular complexity index is 310. The fourth-order valence-electron chi connectivity index (χ4n) is 1.11. The Hall–Kier alpha value is -0.550. The molecular weight excluding hydrogens is 207 g/mol. The normalized spacial score (nSPS) is 11.5. The summed E-state index contributed by atoms with van der Waals surface area (Å²) in [5.74, 6) is -1.09. The topological polar surface area (TPSA) is 69.6 Å². The van der Waals surface area contributed by atoms with E-state index >= 15 is 0 Å². The van der Waals surface area contributed by atoms with Crippen molar-refractivity contribution in [2.75, 3.05) is 7.11 Å². The van der Waals surface area contributed by atoms with Gasteiger partial charge in [0.25, 0.3) is 0 Å². The minimum atomic E-state index is -1.24. The molecule has 0 amide bonds. The Kier molecular flexibility index (Phi) is 6.60. The SMILES string of the molecule is CO[C@@H](Cc1ccc(O)cc1)C(=O)[O-].[Na+]. The maximum absolute atomic E-state index is 10.5. The van der Waals surface area contributed by atoms with Crippen molar-refractivity contribution in [3.8, 4) is 5.75 Å². The van der Waals surface area contributed by atoms with Gasteiger partial charge in [-0.25, -0.2) is 0 Å². The first-order valence-electron chi connectivity index (χ1n) is 4.15. The number of carbonyl (C=O) groups is 1. The van der Waals surface area contributed by atoms with Crippen LogP contribution in [0.15, 0.2) is 24.3 Å². The van der Waals surface area contributed by atoms with Gasteiger partial charge in [0.05, 0.1) is 5.97 Å². The van der Waals surface area contributed by atoms with Gasteiger partial charge in [-0.2, -0.15) is 0 Å². The summed E-state index contributed by atoms with van der Waals surface area (Å²) >= 11 is 0. The summed E-state index contributed by atoms with van der Waals surface area (Å²) in [6.07, 6.45) is -0.710. The zero-order valence-corrected chi connectivity index (χ0v) is 10.8. The summed E-state index contributed by atoms with van der Waals surface area (Å²) in [6, 6.07) is 6.28. The van der Waals surface area contributed by atoms with Crippen LogP contribution >= 0.6 is 0 Å². The molecular formula is C10H11NaO4. The molecule has 76 valence electrons. The monoisotopic (exact) mass is 218 g/mol. The predicted octanol–water partition coefficient (Wildman–Crippen LogP) is -3.30. The van der Waals surface area contributed by atoms with Crippen molar-refractivity contribution < 1.29 is 49.3 Å². The molecule has 0 aliphatic rings. The van der Waals surface area contributed by atoms with Crippen LogP contribution in [0.2, 0.25) is 0 Å². The smallest absolute Gasteiger partial charge is 0.547 e. The number of hydrogen-bond acceptors (Lipinski definition) is 4. The molecule has 5 heteroatoms. The number of phenols is 1. The molecule has 1 atom stereocenters. The number of carboxylic acid groups (broad SMARTS) is 1. The van der Waals surface area contributed by atoms with Crippen LogP contribution < -0.4 is 34.7 Å². The summed E-state index contributed by atoms with van der Waals surface area (Å²) in [6.45, 7) is 0. The quantitative estimate of drug-likeness (QED) is 0.538. The van der Waals surface area contributed by atoms with E-state index in [1.807, 2.05) is 0 Å². The number of aliphatic carboxylic acids is 1. The Labute approximate surface area is 110 Å². The van der Waals surface area contributed by atoms with Gasteiger partial charge in [-0.3, -0.25) is 0 Å². The van der Waals surface area contributed by atoms with Gasteiger partial charge < -0.3 is 19.7 Å². The van der Waals surface area contributed by atoms with Crippen molar-refractivity contribution in [2.24, 2.45) is 0 Å². The van der Waals surface area contributed by atoms with Crippen LogP contribution in [0.4, 0.5) is 0 Å². The molecule has 0 spiro atoms. The summed E-state index contributed by atoms with van der Waals surface area (Å²) in [4.78, 5) is 10.5. The molecule has 0 heterocycles. The Morgan fingerprint density at radius 1 is 1.47 bits per heavy atom. The molecule has 0 saturated heterocycles. The fourth-order valence-corrected chi connectivity index (χ4v) is 1.11. The molecule has 0 aliphatic carbocycles. The van der Waals surface area contributed by atoms with E-state index in [9.17, 15) is 9.90 Å². The van der Waals surface area contributed by atoms with Crippen molar-refractivity contribution in [2.45, 2.75) is 12.5 Å². The molecule has 4 nitrogen and oxygen atoms in total. The number of carboxylic acids is 1. The van der Waals surface area contributed by atoms with Crippen LogP contribution in [0, 0.1) is 0 Å². The second-order valence-corrected chi connectivity index (χ2v) is 2.91. The van der Waals surface area contributed by atoms with Crippen molar-refractivity contribution in [3.05, 3.63) is 29.8 Å². The van der Waals surface area contributed by atoms with Crippen LogP contribution in [0.5, 0.6) is 5.75 Å². The Morgan fingerprint density at radius 2 is 2.00 bits per heavy atom. The maximum atomic E-state index is 10.5. The van der Waals surface area contributed by atoms with Crippen molar-refractivity contribution in [3.63, 3.8) is 0 Å². The van der Waals surface area contributed by atoms with E-state index < -0.39 is 12.1 Å². The second kappa shape index (κ2) is 6.85. The molecule has 0 aliphatic heterocycles. The van der Waals surface area contributed by atoms with Gasteiger partial charge in [-0.1, -0.05) is 12.1 Å². The minimum absolute atomic E-state index is 0. The minimum Gasteiger partial charge on any atom is -0.547 e. The number of carbonyl (C=O) groups excluding carboxylic acids is 1. The van der Waals surface area contributed by atoms with Crippen LogP contribution in [0.1, 0.15) is 5.56 Å².